The molecular formula is C20H23F2N5O. The Morgan fingerprint density at radius 1 is 1.21 bits per heavy atom. The van der Waals surface area contributed by atoms with E-state index in [9.17, 15) is 8.78 Å². The molecule has 0 amide bonds. The first-order valence-corrected chi connectivity index (χ1v) is 8.97. The highest BCUT2D eigenvalue weighted by Gasteiger charge is 2.10. The van der Waals surface area contributed by atoms with Crippen LogP contribution in [0.5, 0.6) is 5.75 Å². The number of nitrogens with zero attached hydrogens (tertiary/aromatic N) is 2. The first-order valence-electron chi connectivity index (χ1n) is 8.97. The second-order valence-electron chi connectivity index (χ2n) is 6.29. The van der Waals surface area contributed by atoms with Crippen LogP contribution in [0.1, 0.15) is 17.0 Å². The Hall–Kier alpha value is -3.16. The van der Waals surface area contributed by atoms with Crippen molar-refractivity contribution in [1.82, 2.24) is 20.6 Å². The number of imidazole rings is 1. The van der Waals surface area contributed by atoms with E-state index in [1.807, 2.05) is 37.3 Å². The number of rotatable bonds is 7. The van der Waals surface area contributed by atoms with Crippen LogP contribution in [0.15, 0.2) is 47.5 Å². The molecule has 1 aromatic heterocycles. The number of hydrogen-bond donors (Lipinski definition) is 3. The molecule has 2 aromatic carbocycles. The van der Waals surface area contributed by atoms with Crippen LogP contribution >= 0.6 is 0 Å². The lowest BCUT2D eigenvalue weighted by atomic mass is 10.1. The summed E-state index contributed by atoms with van der Waals surface area (Å²) < 4.78 is 29.8. The van der Waals surface area contributed by atoms with Crippen molar-refractivity contribution >= 4 is 17.0 Å². The molecule has 0 saturated carbocycles. The van der Waals surface area contributed by atoms with Crippen molar-refractivity contribution in [1.29, 1.82) is 0 Å². The Morgan fingerprint density at radius 3 is 2.79 bits per heavy atom. The van der Waals surface area contributed by atoms with E-state index in [1.165, 1.54) is 0 Å². The van der Waals surface area contributed by atoms with Gasteiger partial charge in [0.15, 0.2) is 5.96 Å². The topological polar surface area (TPSA) is 74.3 Å². The van der Waals surface area contributed by atoms with Crippen molar-refractivity contribution in [2.75, 3.05) is 13.6 Å². The summed E-state index contributed by atoms with van der Waals surface area (Å²) in [6, 6.07) is 13.0. The zero-order valence-corrected chi connectivity index (χ0v) is 15.8. The van der Waals surface area contributed by atoms with Crippen LogP contribution in [0, 0.1) is 6.92 Å². The maximum atomic E-state index is 12.6. The minimum atomic E-state index is -2.86. The number of guanidine groups is 1. The Balaban J connectivity index is 1.54. The van der Waals surface area contributed by atoms with Crippen molar-refractivity contribution in [3.8, 4) is 5.75 Å². The predicted molar refractivity (Wildman–Crippen MR) is 106 cm³/mol. The maximum Gasteiger partial charge on any atom is 0.387 e. The SMILES string of the molecule is CN=C(NCCc1nc2ccccc2[nH]1)NCc1cc(C)ccc1OC(F)F. The summed E-state index contributed by atoms with van der Waals surface area (Å²) in [5, 5.41) is 6.32. The fourth-order valence-corrected chi connectivity index (χ4v) is 2.88. The van der Waals surface area contributed by atoms with Gasteiger partial charge in [-0.05, 0) is 25.1 Å². The van der Waals surface area contributed by atoms with Gasteiger partial charge < -0.3 is 20.4 Å². The van der Waals surface area contributed by atoms with Gasteiger partial charge in [-0.15, -0.1) is 0 Å². The van der Waals surface area contributed by atoms with E-state index in [1.54, 1.807) is 19.2 Å². The summed E-state index contributed by atoms with van der Waals surface area (Å²) in [6.07, 6.45) is 0.694. The van der Waals surface area contributed by atoms with Gasteiger partial charge in [0.2, 0.25) is 0 Å². The minimum Gasteiger partial charge on any atom is -0.434 e. The third-order valence-electron chi connectivity index (χ3n) is 4.19. The summed E-state index contributed by atoms with van der Waals surface area (Å²) in [5.41, 5.74) is 3.55. The molecule has 1 heterocycles. The van der Waals surface area contributed by atoms with Gasteiger partial charge in [0.1, 0.15) is 11.6 Å². The highest BCUT2D eigenvalue weighted by molar-refractivity contribution is 5.79. The van der Waals surface area contributed by atoms with Gasteiger partial charge in [0.05, 0.1) is 11.0 Å². The summed E-state index contributed by atoms with van der Waals surface area (Å²) in [6.45, 7) is -0.0274. The molecule has 0 fully saturated rings. The maximum absolute atomic E-state index is 12.6. The van der Waals surface area contributed by atoms with Crippen LogP contribution in [0.3, 0.4) is 0 Å². The normalized spacial score (nSPS) is 11.8. The van der Waals surface area contributed by atoms with Crippen LogP contribution in [0.2, 0.25) is 0 Å². The highest BCUT2D eigenvalue weighted by Crippen LogP contribution is 2.22. The van der Waals surface area contributed by atoms with Crippen molar-refractivity contribution in [3.05, 3.63) is 59.4 Å². The van der Waals surface area contributed by atoms with Crippen LogP contribution in [0.25, 0.3) is 11.0 Å². The molecule has 3 aromatic rings. The van der Waals surface area contributed by atoms with Gasteiger partial charge in [0, 0.05) is 32.1 Å². The molecule has 0 unspecified atom stereocenters. The van der Waals surface area contributed by atoms with E-state index < -0.39 is 6.61 Å². The number of nitrogens with one attached hydrogen (secondary N) is 3. The lowest BCUT2D eigenvalue weighted by Gasteiger charge is -2.15. The Kier molecular flexibility index (Phi) is 6.41. The molecule has 0 saturated heterocycles. The average Bonchev–Trinajstić information content (AvgIpc) is 3.08. The van der Waals surface area contributed by atoms with Crippen molar-refractivity contribution < 1.29 is 13.5 Å². The largest absolute Gasteiger partial charge is 0.434 e. The molecule has 0 bridgehead atoms. The van der Waals surface area contributed by atoms with Crippen LogP contribution in [-0.4, -0.2) is 36.1 Å². The average molecular weight is 387 g/mol. The number of hydrogen-bond acceptors (Lipinski definition) is 3. The lowest BCUT2D eigenvalue weighted by Crippen LogP contribution is -2.38. The first kappa shape index (κ1) is 19.6. The van der Waals surface area contributed by atoms with Crippen molar-refractivity contribution in [2.45, 2.75) is 26.5 Å². The van der Waals surface area contributed by atoms with Gasteiger partial charge in [-0.25, -0.2) is 4.98 Å². The fourth-order valence-electron chi connectivity index (χ4n) is 2.88. The van der Waals surface area contributed by atoms with Crippen molar-refractivity contribution in [2.24, 2.45) is 4.99 Å². The lowest BCUT2D eigenvalue weighted by molar-refractivity contribution is -0.0504. The number of aromatic amines is 1. The van der Waals surface area contributed by atoms with Gasteiger partial charge >= 0.3 is 6.61 Å². The van der Waals surface area contributed by atoms with Crippen LogP contribution in [-0.2, 0) is 13.0 Å². The second kappa shape index (κ2) is 9.16. The molecule has 0 spiro atoms. The number of alkyl halides is 2. The molecule has 0 aliphatic heterocycles. The standard InChI is InChI=1S/C20H23F2N5O/c1-13-7-8-17(28-19(21)22)14(11-13)12-25-20(23-2)24-10-9-18-26-15-5-3-4-6-16(15)27-18/h3-8,11,19H,9-10,12H2,1-2H3,(H,26,27)(H2,23,24,25). The number of aliphatic imine (C=N–C) groups is 1. The van der Waals surface area contributed by atoms with E-state index in [-0.39, 0.29) is 5.75 Å². The molecule has 6 nitrogen and oxygen atoms in total. The second-order valence-corrected chi connectivity index (χ2v) is 6.29. The predicted octanol–water partition coefficient (Wildman–Crippen LogP) is 3.38. The molecule has 148 valence electrons. The minimum absolute atomic E-state index is 0.158. The molecule has 0 radical (unpaired) electrons. The summed E-state index contributed by atoms with van der Waals surface area (Å²) in [4.78, 5) is 12.0. The molecule has 28 heavy (non-hydrogen) atoms. The third-order valence-corrected chi connectivity index (χ3v) is 4.19. The number of benzene rings is 2. The summed E-state index contributed by atoms with van der Waals surface area (Å²) in [7, 11) is 1.66. The number of para-hydroxylation sites is 2. The quantitative estimate of drug-likeness (QED) is 0.429. The van der Waals surface area contributed by atoms with E-state index in [4.69, 9.17) is 0 Å². The molecule has 0 aliphatic rings. The van der Waals surface area contributed by atoms with E-state index in [0.29, 0.717) is 31.0 Å². The van der Waals surface area contributed by atoms with E-state index >= 15 is 0 Å². The zero-order valence-electron chi connectivity index (χ0n) is 15.8. The van der Waals surface area contributed by atoms with E-state index in [0.717, 1.165) is 22.4 Å². The fraction of sp³-hybridized carbons (Fsp3) is 0.300. The Morgan fingerprint density at radius 2 is 2.04 bits per heavy atom. The third kappa shape index (κ3) is 5.18. The van der Waals surface area contributed by atoms with Crippen LogP contribution in [0.4, 0.5) is 8.78 Å². The van der Waals surface area contributed by atoms with Gasteiger partial charge in [-0.3, -0.25) is 4.99 Å². The van der Waals surface area contributed by atoms with Crippen molar-refractivity contribution in [3.63, 3.8) is 0 Å². The number of aryl methyl sites for hydroxylation is 1. The number of H-pyrrole nitrogens is 1. The Bertz CT molecular complexity index is 922. The van der Waals surface area contributed by atoms with E-state index in [2.05, 4.69) is 30.3 Å². The van der Waals surface area contributed by atoms with Gasteiger partial charge in [0.25, 0.3) is 0 Å². The van der Waals surface area contributed by atoms with Crippen LogP contribution < -0.4 is 15.4 Å². The first-order chi connectivity index (χ1) is 13.5. The molecule has 0 atom stereocenters. The molecule has 0 aliphatic carbocycles. The molecular weight excluding hydrogens is 364 g/mol. The number of halogens is 2. The number of aromatic nitrogens is 2. The summed E-state index contributed by atoms with van der Waals surface area (Å²) in [5.74, 6) is 1.61. The summed E-state index contributed by atoms with van der Waals surface area (Å²) >= 11 is 0. The zero-order chi connectivity index (χ0) is 19.9. The molecule has 3 N–H and O–H groups in total. The number of fused-ring (bicyclic) bond motifs is 1. The van der Waals surface area contributed by atoms with Gasteiger partial charge in [-0.1, -0.05) is 29.8 Å². The number of ether oxygens (including phenoxy) is 1. The molecule has 3 rings (SSSR count). The van der Waals surface area contributed by atoms with Gasteiger partial charge in [-0.2, -0.15) is 8.78 Å². The highest BCUT2D eigenvalue weighted by atomic mass is 19.3. The molecule has 8 heteroatoms. The Labute approximate surface area is 162 Å². The monoisotopic (exact) mass is 387 g/mol. The smallest absolute Gasteiger partial charge is 0.387 e.